The number of carbonyl (C=O) groups is 3. The maximum atomic E-state index is 11.7. The molecule has 0 aliphatic heterocycles. The van der Waals surface area contributed by atoms with E-state index < -0.39 is 23.9 Å². The van der Waals surface area contributed by atoms with Gasteiger partial charge in [0.1, 0.15) is 6.04 Å². The van der Waals surface area contributed by atoms with Crippen molar-refractivity contribution in [3.63, 3.8) is 0 Å². The van der Waals surface area contributed by atoms with Crippen LogP contribution in [-0.4, -0.2) is 36.9 Å². The van der Waals surface area contributed by atoms with Crippen LogP contribution < -0.4 is 22.1 Å². The molecule has 104 valence electrons. The maximum absolute atomic E-state index is 11.7. The molecular weight excluding hydrogens is 236 g/mol. The van der Waals surface area contributed by atoms with Crippen molar-refractivity contribution in [3.8, 4) is 0 Å². The summed E-state index contributed by atoms with van der Waals surface area (Å²) in [5, 5.41) is 4.99. The van der Waals surface area contributed by atoms with Crippen molar-refractivity contribution in [2.75, 3.05) is 7.05 Å². The van der Waals surface area contributed by atoms with E-state index in [2.05, 4.69) is 10.6 Å². The number of nitrogens with two attached hydrogens (primary N) is 2. The summed E-state index contributed by atoms with van der Waals surface area (Å²) in [6, 6.07) is -1.68. The highest BCUT2D eigenvalue weighted by Crippen LogP contribution is 2.05. The van der Waals surface area contributed by atoms with E-state index in [4.69, 9.17) is 11.5 Å². The summed E-state index contributed by atoms with van der Waals surface area (Å²) in [7, 11) is 1.49. The van der Waals surface area contributed by atoms with Gasteiger partial charge in [-0.2, -0.15) is 0 Å². The standard InChI is InChI=1S/C11H22N4O3/c1-6(2)4-8(11(18)14-3)15-10(17)7(12)5-9(13)16/h6-8H,4-5,12H2,1-3H3,(H2,13,16)(H,14,18)(H,15,17). The Kier molecular flexibility index (Phi) is 6.96. The molecule has 0 aromatic carbocycles. The van der Waals surface area contributed by atoms with Crippen LogP contribution in [-0.2, 0) is 14.4 Å². The van der Waals surface area contributed by atoms with Crippen molar-refractivity contribution in [1.29, 1.82) is 0 Å². The van der Waals surface area contributed by atoms with Gasteiger partial charge in [-0.15, -0.1) is 0 Å². The smallest absolute Gasteiger partial charge is 0.242 e. The van der Waals surface area contributed by atoms with E-state index in [-0.39, 0.29) is 18.2 Å². The van der Waals surface area contributed by atoms with Crippen molar-refractivity contribution in [2.45, 2.75) is 38.8 Å². The highest BCUT2D eigenvalue weighted by atomic mass is 16.2. The molecule has 0 aliphatic carbocycles. The number of likely N-dealkylation sites (N-methyl/N-ethyl adjacent to an activating group) is 1. The van der Waals surface area contributed by atoms with Crippen molar-refractivity contribution in [1.82, 2.24) is 10.6 Å². The van der Waals surface area contributed by atoms with Gasteiger partial charge in [0, 0.05) is 7.05 Å². The summed E-state index contributed by atoms with van der Waals surface area (Å²) in [5.74, 6) is -1.26. The van der Waals surface area contributed by atoms with E-state index >= 15 is 0 Å². The number of rotatable bonds is 7. The van der Waals surface area contributed by atoms with Crippen LogP contribution in [0.25, 0.3) is 0 Å². The Morgan fingerprint density at radius 3 is 2.11 bits per heavy atom. The van der Waals surface area contributed by atoms with E-state index in [0.717, 1.165) is 0 Å². The van der Waals surface area contributed by atoms with Crippen LogP contribution in [0.4, 0.5) is 0 Å². The third kappa shape index (κ3) is 6.19. The minimum absolute atomic E-state index is 0.236. The molecule has 0 aromatic heterocycles. The second-order valence-electron chi connectivity index (χ2n) is 4.58. The lowest BCUT2D eigenvalue weighted by molar-refractivity contribution is -0.130. The lowest BCUT2D eigenvalue weighted by atomic mass is 10.0. The summed E-state index contributed by atoms with van der Waals surface area (Å²) in [4.78, 5) is 33.9. The largest absolute Gasteiger partial charge is 0.370 e. The van der Waals surface area contributed by atoms with Gasteiger partial charge >= 0.3 is 0 Å². The third-order valence-corrected chi connectivity index (χ3v) is 2.34. The van der Waals surface area contributed by atoms with Crippen molar-refractivity contribution in [2.24, 2.45) is 17.4 Å². The minimum atomic E-state index is -1.03. The first-order valence-corrected chi connectivity index (χ1v) is 5.83. The number of hydrogen-bond donors (Lipinski definition) is 4. The first-order valence-electron chi connectivity index (χ1n) is 5.83. The van der Waals surface area contributed by atoms with Gasteiger partial charge in [-0.1, -0.05) is 13.8 Å². The maximum Gasteiger partial charge on any atom is 0.242 e. The molecule has 0 rings (SSSR count). The topological polar surface area (TPSA) is 127 Å². The molecule has 0 aromatic rings. The number of carbonyl (C=O) groups excluding carboxylic acids is 3. The predicted octanol–water partition coefficient (Wildman–Crippen LogP) is -1.53. The van der Waals surface area contributed by atoms with Gasteiger partial charge in [0.05, 0.1) is 12.5 Å². The SMILES string of the molecule is CNC(=O)C(CC(C)C)NC(=O)C(N)CC(N)=O. The summed E-state index contributed by atoms with van der Waals surface area (Å²) >= 11 is 0. The molecule has 2 atom stereocenters. The Morgan fingerprint density at radius 2 is 1.72 bits per heavy atom. The zero-order valence-corrected chi connectivity index (χ0v) is 11.0. The minimum Gasteiger partial charge on any atom is -0.370 e. The summed E-state index contributed by atoms with van der Waals surface area (Å²) < 4.78 is 0. The molecule has 0 fully saturated rings. The van der Waals surface area contributed by atoms with Crippen LogP contribution in [0.5, 0.6) is 0 Å². The second kappa shape index (κ2) is 7.65. The van der Waals surface area contributed by atoms with Crippen LogP contribution in [0, 0.1) is 5.92 Å². The van der Waals surface area contributed by atoms with E-state index in [1.54, 1.807) is 0 Å². The molecule has 0 radical (unpaired) electrons. The number of hydrogen-bond acceptors (Lipinski definition) is 4. The Labute approximate surface area is 107 Å². The molecule has 0 heterocycles. The van der Waals surface area contributed by atoms with Crippen molar-refractivity contribution >= 4 is 17.7 Å². The number of primary amides is 1. The predicted molar refractivity (Wildman–Crippen MR) is 67.2 cm³/mol. The summed E-state index contributed by atoms with van der Waals surface area (Å²) in [6.45, 7) is 3.87. The second-order valence-corrected chi connectivity index (χ2v) is 4.58. The normalized spacial score (nSPS) is 13.8. The Morgan fingerprint density at radius 1 is 1.17 bits per heavy atom. The van der Waals surface area contributed by atoms with Gasteiger partial charge in [0.25, 0.3) is 0 Å². The van der Waals surface area contributed by atoms with E-state index in [9.17, 15) is 14.4 Å². The van der Waals surface area contributed by atoms with Gasteiger partial charge in [-0.25, -0.2) is 0 Å². The zero-order valence-electron chi connectivity index (χ0n) is 11.0. The highest BCUT2D eigenvalue weighted by molar-refractivity contribution is 5.91. The molecule has 7 nitrogen and oxygen atoms in total. The Bertz CT molecular complexity index is 317. The zero-order chi connectivity index (χ0) is 14.3. The average Bonchev–Trinajstić information content (AvgIpc) is 2.25. The van der Waals surface area contributed by atoms with Gasteiger partial charge in [0.2, 0.25) is 17.7 Å². The highest BCUT2D eigenvalue weighted by Gasteiger charge is 2.24. The van der Waals surface area contributed by atoms with E-state index in [1.165, 1.54) is 7.05 Å². The fourth-order valence-electron chi connectivity index (χ4n) is 1.47. The molecule has 6 N–H and O–H groups in total. The third-order valence-electron chi connectivity index (χ3n) is 2.34. The summed E-state index contributed by atoms with van der Waals surface area (Å²) in [5.41, 5.74) is 10.4. The number of amides is 3. The monoisotopic (exact) mass is 258 g/mol. The van der Waals surface area contributed by atoms with Crippen molar-refractivity contribution < 1.29 is 14.4 Å². The van der Waals surface area contributed by atoms with E-state index in [1.807, 2.05) is 13.8 Å². The fourth-order valence-corrected chi connectivity index (χ4v) is 1.47. The molecule has 0 saturated heterocycles. The van der Waals surface area contributed by atoms with Crippen LogP contribution in [0.2, 0.25) is 0 Å². The lowest BCUT2D eigenvalue weighted by Gasteiger charge is -2.20. The van der Waals surface area contributed by atoms with Gasteiger partial charge in [0.15, 0.2) is 0 Å². The molecule has 2 unspecified atom stereocenters. The quantitative estimate of drug-likeness (QED) is 0.441. The Balaban J connectivity index is 4.52. The number of nitrogens with one attached hydrogen (secondary N) is 2. The van der Waals surface area contributed by atoms with Crippen LogP contribution in [0.15, 0.2) is 0 Å². The van der Waals surface area contributed by atoms with Crippen LogP contribution in [0.1, 0.15) is 26.7 Å². The molecule has 0 bridgehead atoms. The molecule has 3 amide bonds. The molecule has 7 heteroatoms. The first kappa shape index (κ1) is 16.4. The molecule has 18 heavy (non-hydrogen) atoms. The van der Waals surface area contributed by atoms with E-state index in [0.29, 0.717) is 6.42 Å². The molecule has 0 aliphatic rings. The van der Waals surface area contributed by atoms with Gasteiger partial charge in [-0.05, 0) is 12.3 Å². The lowest BCUT2D eigenvalue weighted by Crippen LogP contribution is -2.52. The summed E-state index contributed by atoms with van der Waals surface area (Å²) in [6.07, 6.45) is 0.253. The van der Waals surface area contributed by atoms with Crippen LogP contribution >= 0.6 is 0 Å². The molecule has 0 saturated carbocycles. The Hall–Kier alpha value is -1.63. The van der Waals surface area contributed by atoms with Gasteiger partial charge in [-0.3, -0.25) is 14.4 Å². The van der Waals surface area contributed by atoms with Gasteiger partial charge < -0.3 is 22.1 Å². The average molecular weight is 258 g/mol. The molecular formula is C11H22N4O3. The van der Waals surface area contributed by atoms with Crippen LogP contribution in [0.3, 0.4) is 0 Å². The first-order chi connectivity index (χ1) is 8.27. The van der Waals surface area contributed by atoms with Crippen molar-refractivity contribution in [3.05, 3.63) is 0 Å². The molecule has 0 spiro atoms. The fraction of sp³-hybridized carbons (Fsp3) is 0.727.